The van der Waals surface area contributed by atoms with Crippen molar-refractivity contribution < 1.29 is 13.2 Å². The van der Waals surface area contributed by atoms with E-state index >= 15 is 0 Å². The largest absolute Gasteiger partial charge is 0.296 e. The van der Waals surface area contributed by atoms with Crippen molar-refractivity contribution in [3.63, 3.8) is 0 Å². The third-order valence-corrected chi connectivity index (χ3v) is 8.96. The molecular weight excluding hydrogens is 402 g/mol. The van der Waals surface area contributed by atoms with Crippen molar-refractivity contribution in [2.75, 3.05) is 37.6 Å². The number of rotatable bonds is 5. The molecule has 4 heterocycles. The van der Waals surface area contributed by atoms with Crippen molar-refractivity contribution in [3.05, 3.63) is 17.1 Å². The molecule has 30 heavy (non-hydrogen) atoms. The number of amides is 1. The Labute approximate surface area is 178 Å². The van der Waals surface area contributed by atoms with Gasteiger partial charge < -0.3 is 0 Å². The van der Waals surface area contributed by atoms with Gasteiger partial charge in [-0.2, -0.15) is 17.0 Å². The number of aromatic nitrogens is 2. The SMILES string of the molecule is Cc1nc(C2CCCN(S(=O)(=O)N3CCCC3)C2)nc2c1CCC(=O)N2CC1CC1. The van der Waals surface area contributed by atoms with E-state index in [0.29, 0.717) is 50.8 Å². The first-order valence-corrected chi connectivity index (χ1v) is 12.8. The maximum atomic E-state index is 13.0. The van der Waals surface area contributed by atoms with Crippen LogP contribution in [0.15, 0.2) is 0 Å². The lowest BCUT2D eigenvalue weighted by Gasteiger charge is -2.35. The Morgan fingerprint density at radius 2 is 1.70 bits per heavy atom. The van der Waals surface area contributed by atoms with E-state index in [-0.39, 0.29) is 11.8 Å². The molecule has 0 aromatic carbocycles. The Morgan fingerprint density at radius 1 is 0.967 bits per heavy atom. The van der Waals surface area contributed by atoms with Crippen LogP contribution in [0, 0.1) is 12.8 Å². The molecule has 1 atom stereocenters. The van der Waals surface area contributed by atoms with Gasteiger partial charge in [0.15, 0.2) is 0 Å². The summed E-state index contributed by atoms with van der Waals surface area (Å²) in [6, 6.07) is 0. The van der Waals surface area contributed by atoms with Crippen LogP contribution < -0.4 is 4.90 Å². The van der Waals surface area contributed by atoms with Crippen LogP contribution in [0.1, 0.15) is 67.9 Å². The van der Waals surface area contributed by atoms with Crippen molar-refractivity contribution in [2.45, 2.75) is 64.2 Å². The molecule has 9 heteroatoms. The van der Waals surface area contributed by atoms with Crippen LogP contribution in [0.3, 0.4) is 0 Å². The lowest BCUT2D eigenvalue weighted by atomic mass is 9.97. The molecule has 164 valence electrons. The molecule has 3 aliphatic heterocycles. The normalized spacial score (nSPS) is 26.2. The number of nitrogens with zero attached hydrogens (tertiary/aromatic N) is 5. The number of carbonyl (C=O) groups excluding carboxylic acids is 1. The summed E-state index contributed by atoms with van der Waals surface area (Å²) in [4.78, 5) is 24.2. The summed E-state index contributed by atoms with van der Waals surface area (Å²) in [6.07, 6.45) is 7.14. The predicted octanol–water partition coefficient (Wildman–Crippen LogP) is 1.99. The average Bonchev–Trinajstić information content (AvgIpc) is 3.38. The third kappa shape index (κ3) is 3.76. The molecule has 1 aliphatic carbocycles. The van der Waals surface area contributed by atoms with Gasteiger partial charge in [0.25, 0.3) is 10.2 Å². The standard InChI is InChI=1S/C21H31N5O3S/c1-15-18-8-9-19(27)26(13-16-6-7-16)21(18)23-20(22-15)17-5-4-12-25(14-17)30(28,29)24-10-2-3-11-24/h16-17H,2-14H2,1H3. The van der Waals surface area contributed by atoms with Crippen LogP contribution in [0.2, 0.25) is 0 Å². The second-order valence-electron chi connectivity index (χ2n) is 9.23. The molecule has 1 unspecified atom stereocenters. The van der Waals surface area contributed by atoms with E-state index in [0.717, 1.165) is 49.3 Å². The molecule has 4 aliphatic rings. The predicted molar refractivity (Wildman–Crippen MR) is 113 cm³/mol. The summed E-state index contributed by atoms with van der Waals surface area (Å²) in [5, 5.41) is 0. The molecule has 1 aromatic heterocycles. The molecule has 0 bridgehead atoms. The number of fused-ring (bicyclic) bond motifs is 1. The van der Waals surface area contributed by atoms with Crippen molar-refractivity contribution in [1.82, 2.24) is 18.6 Å². The first-order chi connectivity index (χ1) is 14.4. The number of hydrogen-bond donors (Lipinski definition) is 0. The highest BCUT2D eigenvalue weighted by molar-refractivity contribution is 7.86. The first kappa shape index (κ1) is 20.3. The summed E-state index contributed by atoms with van der Waals surface area (Å²) < 4.78 is 29.3. The highest BCUT2D eigenvalue weighted by atomic mass is 32.2. The summed E-state index contributed by atoms with van der Waals surface area (Å²) in [7, 11) is -3.41. The summed E-state index contributed by atoms with van der Waals surface area (Å²) in [5.41, 5.74) is 2.01. The van der Waals surface area contributed by atoms with Gasteiger partial charge in [-0.05, 0) is 57.8 Å². The molecule has 8 nitrogen and oxygen atoms in total. The smallest absolute Gasteiger partial charge is 0.281 e. The molecule has 5 rings (SSSR count). The lowest BCUT2D eigenvalue weighted by Crippen LogP contribution is -2.47. The third-order valence-electron chi connectivity index (χ3n) is 6.96. The highest BCUT2D eigenvalue weighted by Gasteiger charge is 2.38. The van der Waals surface area contributed by atoms with Gasteiger partial charge in [0.2, 0.25) is 5.91 Å². The summed E-state index contributed by atoms with van der Waals surface area (Å²) in [6.45, 7) is 4.98. The van der Waals surface area contributed by atoms with Gasteiger partial charge in [0.1, 0.15) is 11.6 Å². The Bertz CT molecular complexity index is 940. The molecule has 0 N–H and O–H groups in total. The Balaban J connectivity index is 1.42. The van der Waals surface area contributed by atoms with Crippen LogP contribution >= 0.6 is 0 Å². The highest BCUT2D eigenvalue weighted by Crippen LogP contribution is 2.36. The van der Waals surface area contributed by atoms with Crippen molar-refractivity contribution in [3.8, 4) is 0 Å². The van der Waals surface area contributed by atoms with E-state index in [4.69, 9.17) is 9.97 Å². The van der Waals surface area contributed by atoms with Gasteiger partial charge in [-0.3, -0.25) is 9.69 Å². The van der Waals surface area contributed by atoms with E-state index in [1.165, 1.54) is 12.8 Å². The summed E-state index contributed by atoms with van der Waals surface area (Å²) >= 11 is 0. The van der Waals surface area contributed by atoms with Crippen molar-refractivity contribution >= 4 is 21.9 Å². The fraction of sp³-hybridized carbons (Fsp3) is 0.762. The quantitative estimate of drug-likeness (QED) is 0.709. The zero-order chi connectivity index (χ0) is 20.9. The molecular formula is C21H31N5O3S. The van der Waals surface area contributed by atoms with E-state index < -0.39 is 10.2 Å². The number of piperidine rings is 1. The van der Waals surface area contributed by atoms with Crippen molar-refractivity contribution in [2.24, 2.45) is 5.92 Å². The van der Waals surface area contributed by atoms with E-state index in [1.807, 2.05) is 11.8 Å². The molecule has 1 amide bonds. The molecule has 1 saturated carbocycles. The van der Waals surface area contributed by atoms with Gasteiger partial charge in [-0.25, -0.2) is 9.97 Å². The molecule has 2 saturated heterocycles. The molecule has 3 fully saturated rings. The lowest BCUT2D eigenvalue weighted by molar-refractivity contribution is -0.119. The van der Waals surface area contributed by atoms with Gasteiger partial charge in [-0.1, -0.05) is 0 Å². The molecule has 0 radical (unpaired) electrons. The number of hydrogen-bond acceptors (Lipinski definition) is 5. The number of carbonyl (C=O) groups is 1. The average molecular weight is 434 g/mol. The topological polar surface area (TPSA) is 86.7 Å². The number of anilines is 1. The fourth-order valence-electron chi connectivity index (χ4n) is 4.98. The van der Waals surface area contributed by atoms with Crippen LogP contribution in [0.4, 0.5) is 5.82 Å². The van der Waals surface area contributed by atoms with Crippen LogP contribution in [-0.2, 0) is 21.4 Å². The van der Waals surface area contributed by atoms with Crippen LogP contribution in [0.5, 0.6) is 0 Å². The van der Waals surface area contributed by atoms with E-state index in [1.54, 1.807) is 8.61 Å². The second-order valence-corrected chi connectivity index (χ2v) is 11.2. The van der Waals surface area contributed by atoms with Crippen LogP contribution in [0.25, 0.3) is 0 Å². The summed E-state index contributed by atoms with van der Waals surface area (Å²) in [5.74, 6) is 2.19. The Kier molecular flexibility index (Phi) is 5.31. The van der Waals surface area contributed by atoms with Crippen LogP contribution in [-0.4, -0.2) is 65.6 Å². The van der Waals surface area contributed by atoms with E-state index in [9.17, 15) is 13.2 Å². The minimum absolute atomic E-state index is 0.0278. The van der Waals surface area contributed by atoms with Gasteiger partial charge in [0, 0.05) is 56.3 Å². The van der Waals surface area contributed by atoms with E-state index in [2.05, 4.69) is 0 Å². The Hall–Kier alpha value is -1.58. The second kappa shape index (κ2) is 7.84. The van der Waals surface area contributed by atoms with Gasteiger partial charge >= 0.3 is 0 Å². The van der Waals surface area contributed by atoms with Gasteiger partial charge in [-0.15, -0.1) is 0 Å². The Morgan fingerprint density at radius 3 is 2.43 bits per heavy atom. The van der Waals surface area contributed by atoms with Gasteiger partial charge in [0.05, 0.1) is 0 Å². The first-order valence-electron chi connectivity index (χ1n) is 11.4. The molecule has 1 aromatic rings. The fourth-order valence-corrected chi connectivity index (χ4v) is 6.75. The zero-order valence-electron chi connectivity index (χ0n) is 17.7. The maximum absolute atomic E-state index is 13.0. The molecule has 0 spiro atoms. The minimum atomic E-state index is -3.41. The van der Waals surface area contributed by atoms with Crippen molar-refractivity contribution in [1.29, 1.82) is 0 Å². The maximum Gasteiger partial charge on any atom is 0.281 e. The number of aryl methyl sites for hydroxylation is 1. The minimum Gasteiger partial charge on any atom is -0.296 e. The monoisotopic (exact) mass is 433 g/mol. The zero-order valence-corrected chi connectivity index (χ0v) is 18.5.